The van der Waals surface area contributed by atoms with Gasteiger partial charge in [-0.1, -0.05) is 43.2 Å². The summed E-state index contributed by atoms with van der Waals surface area (Å²) in [7, 11) is 0. The maximum absolute atomic E-state index is 14.7. The molecule has 7 nitrogen and oxygen atoms in total. The molecule has 8 heteroatoms. The van der Waals surface area contributed by atoms with Crippen molar-refractivity contribution in [3.05, 3.63) is 66.1 Å². The molecule has 1 saturated carbocycles. The van der Waals surface area contributed by atoms with Gasteiger partial charge < -0.3 is 22.1 Å². The van der Waals surface area contributed by atoms with Crippen molar-refractivity contribution in [2.45, 2.75) is 37.8 Å². The van der Waals surface area contributed by atoms with Crippen LogP contribution in [0.15, 0.2) is 54.7 Å². The van der Waals surface area contributed by atoms with Gasteiger partial charge in [0.15, 0.2) is 11.6 Å². The summed E-state index contributed by atoms with van der Waals surface area (Å²) >= 11 is 0. The summed E-state index contributed by atoms with van der Waals surface area (Å²) in [6.07, 6.45) is 5.47. The number of hydrogen-bond acceptors (Lipinski definition) is 6. The Kier molecular flexibility index (Phi) is 6.08. The maximum Gasteiger partial charge on any atom is 0.252 e. The highest BCUT2D eigenvalue weighted by Gasteiger charge is 2.24. The molecule has 2 heterocycles. The Morgan fingerprint density at radius 1 is 1.06 bits per heavy atom. The van der Waals surface area contributed by atoms with Gasteiger partial charge in [0.25, 0.3) is 5.91 Å². The Morgan fingerprint density at radius 3 is 2.58 bits per heavy atom. The van der Waals surface area contributed by atoms with Crippen molar-refractivity contribution in [1.29, 1.82) is 0 Å². The summed E-state index contributed by atoms with van der Waals surface area (Å²) in [4.78, 5) is 20.8. The Labute approximate surface area is 180 Å². The van der Waals surface area contributed by atoms with Crippen molar-refractivity contribution in [1.82, 2.24) is 9.97 Å². The molecule has 160 valence electrons. The zero-order valence-corrected chi connectivity index (χ0v) is 17.0. The Bertz CT molecular complexity index is 1070. The van der Waals surface area contributed by atoms with Crippen molar-refractivity contribution < 1.29 is 9.18 Å². The lowest BCUT2D eigenvalue weighted by Crippen LogP contribution is -2.43. The van der Waals surface area contributed by atoms with Crippen LogP contribution in [0.1, 0.15) is 36.0 Å². The van der Waals surface area contributed by atoms with E-state index < -0.39 is 11.7 Å². The van der Waals surface area contributed by atoms with E-state index in [-0.39, 0.29) is 29.3 Å². The van der Waals surface area contributed by atoms with Gasteiger partial charge in [0.1, 0.15) is 5.82 Å². The molecule has 1 amide bonds. The van der Waals surface area contributed by atoms with Gasteiger partial charge in [-0.15, -0.1) is 0 Å². The molecule has 1 aliphatic rings. The normalized spacial score (nSPS) is 18.4. The van der Waals surface area contributed by atoms with Crippen LogP contribution in [-0.4, -0.2) is 28.0 Å². The minimum Gasteiger partial charge on any atom is -0.365 e. The number of carbonyl (C=O) groups is 1. The van der Waals surface area contributed by atoms with Crippen LogP contribution in [0.2, 0.25) is 0 Å². The van der Waals surface area contributed by atoms with Gasteiger partial charge in [-0.05, 0) is 31.0 Å². The lowest BCUT2D eigenvalue weighted by molar-refractivity contribution is 0.100. The Morgan fingerprint density at radius 2 is 1.84 bits per heavy atom. The van der Waals surface area contributed by atoms with Gasteiger partial charge in [0, 0.05) is 23.8 Å². The largest absolute Gasteiger partial charge is 0.365 e. The molecule has 6 N–H and O–H groups in total. The highest BCUT2D eigenvalue weighted by Crippen LogP contribution is 2.30. The Hall–Kier alpha value is -3.52. The molecule has 0 saturated heterocycles. The molecule has 1 aliphatic carbocycles. The van der Waals surface area contributed by atoms with E-state index in [0.29, 0.717) is 11.4 Å². The van der Waals surface area contributed by atoms with Gasteiger partial charge >= 0.3 is 0 Å². The van der Waals surface area contributed by atoms with Gasteiger partial charge in [-0.25, -0.2) is 9.37 Å². The lowest BCUT2D eigenvalue weighted by Gasteiger charge is -2.30. The highest BCUT2D eigenvalue weighted by atomic mass is 19.1. The maximum atomic E-state index is 14.7. The van der Waals surface area contributed by atoms with Gasteiger partial charge in [-0.3, -0.25) is 9.78 Å². The molecule has 4 rings (SSSR count). The summed E-state index contributed by atoms with van der Waals surface area (Å²) in [5.74, 6) is -1.22. The number of nitrogens with one attached hydrogen (secondary N) is 2. The predicted octanol–water partition coefficient (Wildman–Crippen LogP) is 3.81. The van der Waals surface area contributed by atoms with E-state index in [9.17, 15) is 9.18 Å². The molecule has 1 aromatic carbocycles. The number of pyridine rings is 2. The molecule has 31 heavy (non-hydrogen) atoms. The number of hydrogen-bond donors (Lipinski definition) is 4. The first kappa shape index (κ1) is 20.7. The molecule has 2 unspecified atom stereocenters. The van der Waals surface area contributed by atoms with Crippen molar-refractivity contribution in [3.8, 4) is 11.3 Å². The SMILES string of the molecule is NC(=O)c1cc(F)c(NC2CCCCC2N)nc1Nc1cccnc1-c1ccccc1. The van der Waals surface area contributed by atoms with E-state index in [1.165, 1.54) is 0 Å². The molecular formula is C23H25FN6O. The fourth-order valence-electron chi connectivity index (χ4n) is 3.85. The number of primary amides is 1. The predicted molar refractivity (Wildman–Crippen MR) is 120 cm³/mol. The fraction of sp³-hybridized carbons (Fsp3) is 0.261. The topological polar surface area (TPSA) is 119 Å². The van der Waals surface area contributed by atoms with Crippen LogP contribution in [0.5, 0.6) is 0 Å². The van der Waals surface area contributed by atoms with Gasteiger partial charge in [0.2, 0.25) is 0 Å². The zero-order valence-electron chi connectivity index (χ0n) is 17.0. The van der Waals surface area contributed by atoms with Crippen LogP contribution in [0.25, 0.3) is 11.3 Å². The molecule has 0 aliphatic heterocycles. The van der Waals surface area contributed by atoms with Crippen LogP contribution >= 0.6 is 0 Å². The van der Waals surface area contributed by atoms with Crippen molar-refractivity contribution in [2.24, 2.45) is 11.5 Å². The number of aromatic nitrogens is 2. The van der Waals surface area contributed by atoms with Crippen LogP contribution in [0.4, 0.5) is 21.7 Å². The summed E-state index contributed by atoms with van der Waals surface area (Å²) in [6.45, 7) is 0. The molecule has 2 atom stereocenters. The summed E-state index contributed by atoms with van der Waals surface area (Å²) < 4.78 is 14.7. The van der Waals surface area contributed by atoms with Crippen LogP contribution in [-0.2, 0) is 0 Å². The van der Waals surface area contributed by atoms with Crippen LogP contribution in [0.3, 0.4) is 0 Å². The molecule has 0 radical (unpaired) electrons. The molecule has 2 aromatic heterocycles. The number of benzene rings is 1. The summed E-state index contributed by atoms with van der Waals surface area (Å²) in [6, 6.07) is 14.1. The third kappa shape index (κ3) is 4.64. The average Bonchev–Trinajstić information content (AvgIpc) is 2.78. The van der Waals surface area contributed by atoms with E-state index in [0.717, 1.165) is 37.3 Å². The quantitative estimate of drug-likeness (QED) is 0.482. The van der Waals surface area contributed by atoms with E-state index >= 15 is 0 Å². The second-order valence-corrected chi connectivity index (χ2v) is 7.67. The third-order valence-electron chi connectivity index (χ3n) is 5.49. The average molecular weight is 420 g/mol. The van der Waals surface area contributed by atoms with E-state index in [1.54, 1.807) is 12.3 Å². The zero-order chi connectivity index (χ0) is 21.8. The second-order valence-electron chi connectivity index (χ2n) is 7.67. The summed E-state index contributed by atoms with van der Waals surface area (Å²) in [5, 5.41) is 6.24. The molecular weight excluding hydrogens is 395 g/mol. The molecule has 3 aromatic rings. The number of rotatable bonds is 6. The van der Waals surface area contributed by atoms with Gasteiger partial charge in [-0.2, -0.15) is 0 Å². The number of nitrogens with two attached hydrogens (primary N) is 2. The fourth-order valence-corrected chi connectivity index (χ4v) is 3.85. The smallest absolute Gasteiger partial charge is 0.252 e. The van der Waals surface area contributed by atoms with E-state index in [1.807, 2.05) is 36.4 Å². The van der Waals surface area contributed by atoms with Gasteiger partial charge in [0.05, 0.1) is 16.9 Å². The Balaban J connectivity index is 1.70. The number of anilines is 3. The minimum absolute atomic E-state index is 0.0417. The van der Waals surface area contributed by atoms with Crippen LogP contribution < -0.4 is 22.1 Å². The van der Waals surface area contributed by atoms with Crippen molar-refractivity contribution in [3.63, 3.8) is 0 Å². The first-order valence-electron chi connectivity index (χ1n) is 10.3. The first-order chi connectivity index (χ1) is 15.0. The van der Waals surface area contributed by atoms with E-state index in [2.05, 4.69) is 20.6 Å². The number of amides is 1. The number of carbonyl (C=O) groups excluding carboxylic acids is 1. The first-order valence-corrected chi connectivity index (χ1v) is 10.3. The minimum atomic E-state index is -0.778. The lowest BCUT2D eigenvalue weighted by atomic mass is 9.91. The molecule has 0 bridgehead atoms. The third-order valence-corrected chi connectivity index (χ3v) is 5.49. The number of halogens is 1. The monoisotopic (exact) mass is 420 g/mol. The van der Waals surface area contributed by atoms with Crippen molar-refractivity contribution >= 4 is 23.2 Å². The molecule has 0 spiro atoms. The summed E-state index contributed by atoms with van der Waals surface area (Å²) in [5.41, 5.74) is 13.8. The van der Waals surface area contributed by atoms with Crippen molar-refractivity contribution in [2.75, 3.05) is 10.6 Å². The number of nitrogens with zero attached hydrogens (tertiary/aromatic N) is 2. The highest BCUT2D eigenvalue weighted by molar-refractivity contribution is 5.99. The van der Waals surface area contributed by atoms with E-state index in [4.69, 9.17) is 11.5 Å². The van der Waals surface area contributed by atoms with Crippen LogP contribution in [0, 0.1) is 5.82 Å². The second kappa shape index (κ2) is 9.09. The standard InChI is InChI=1S/C23H25FN6O/c24-16-13-15(21(26)31)22(30-23(16)28-18-10-5-4-9-17(18)25)29-19-11-6-12-27-20(19)14-7-2-1-3-8-14/h1-3,6-8,11-13,17-18H,4-5,9-10,25H2,(H2,26,31)(H2,28,29,30). The molecule has 1 fully saturated rings.